The van der Waals surface area contributed by atoms with Gasteiger partial charge in [-0.3, -0.25) is 14.4 Å². The normalized spacial score (nSPS) is 13.9. The number of hydrogen-bond donors (Lipinski definition) is 1. The molecule has 1 aliphatic rings. The first kappa shape index (κ1) is 23.2. The number of ketones is 1. The van der Waals surface area contributed by atoms with Gasteiger partial charge in [-0.15, -0.1) is 0 Å². The standard InChI is InChI=1S/C28H28N2O4/c1-20-8-7-11-22(18-20)28(33)30-16-14-23(15-17-30)34-26-13-6-5-12-24(26)27(32)29-19-25(31)21-9-3-2-4-10-21/h2-13,18,23H,14-17,19H2,1H3,(H,29,32). The largest absolute Gasteiger partial charge is 0.489 e. The summed E-state index contributed by atoms with van der Waals surface area (Å²) in [5.41, 5.74) is 2.71. The maximum atomic E-state index is 12.8. The van der Waals surface area contributed by atoms with Crippen molar-refractivity contribution in [3.8, 4) is 5.75 Å². The first-order chi connectivity index (χ1) is 16.5. The number of amides is 2. The van der Waals surface area contributed by atoms with E-state index in [0.29, 0.717) is 48.4 Å². The van der Waals surface area contributed by atoms with Crippen molar-refractivity contribution in [3.63, 3.8) is 0 Å². The van der Waals surface area contributed by atoms with E-state index in [9.17, 15) is 14.4 Å². The lowest BCUT2D eigenvalue weighted by molar-refractivity contribution is 0.0593. The summed E-state index contributed by atoms with van der Waals surface area (Å²) in [5.74, 6) is 0.00516. The van der Waals surface area contributed by atoms with Gasteiger partial charge in [0.15, 0.2) is 5.78 Å². The Labute approximate surface area is 199 Å². The van der Waals surface area contributed by atoms with Gasteiger partial charge in [-0.25, -0.2) is 0 Å². The Balaban J connectivity index is 1.33. The Bertz CT molecular complexity index is 1170. The summed E-state index contributed by atoms with van der Waals surface area (Å²) in [7, 11) is 0. The SMILES string of the molecule is Cc1cccc(C(=O)N2CCC(Oc3ccccc3C(=O)NCC(=O)c3ccccc3)CC2)c1. The topological polar surface area (TPSA) is 75.7 Å². The van der Waals surface area contributed by atoms with E-state index in [2.05, 4.69) is 5.32 Å². The Hall–Kier alpha value is -3.93. The average molecular weight is 457 g/mol. The van der Waals surface area contributed by atoms with Crippen molar-refractivity contribution in [3.05, 3.63) is 101 Å². The highest BCUT2D eigenvalue weighted by atomic mass is 16.5. The lowest BCUT2D eigenvalue weighted by Gasteiger charge is -2.32. The van der Waals surface area contributed by atoms with Crippen molar-refractivity contribution in [1.29, 1.82) is 0 Å². The molecule has 0 aliphatic carbocycles. The van der Waals surface area contributed by atoms with E-state index >= 15 is 0 Å². The van der Waals surface area contributed by atoms with Crippen LogP contribution in [-0.4, -0.2) is 48.2 Å². The summed E-state index contributed by atoms with van der Waals surface area (Å²) in [6, 6.07) is 23.5. The van der Waals surface area contributed by atoms with Gasteiger partial charge >= 0.3 is 0 Å². The second kappa shape index (κ2) is 10.8. The molecule has 1 saturated heterocycles. The number of rotatable bonds is 7. The summed E-state index contributed by atoms with van der Waals surface area (Å²) in [6.45, 7) is 3.08. The molecule has 1 fully saturated rings. The second-order valence-corrected chi connectivity index (χ2v) is 8.45. The predicted octanol–water partition coefficient (Wildman–Crippen LogP) is 4.29. The van der Waals surface area contributed by atoms with Crippen molar-refractivity contribution in [2.45, 2.75) is 25.9 Å². The minimum absolute atomic E-state index is 0.0324. The molecule has 34 heavy (non-hydrogen) atoms. The maximum Gasteiger partial charge on any atom is 0.255 e. The zero-order valence-electron chi connectivity index (χ0n) is 19.2. The van der Waals surface area contributed by atoms with E-state index in [1.165, 1.54) is 0 Å². The number of carbonyl (C=O) groups excluding carboxylic acids is 3. The lowest BCUT2D eigenvalue weighted by Crippen LogP contribution is -2.42. The van der Waals surface area contributed by atoms with Crippen LogP contribution in [0.25, 0.3) is 0 Å². The lowest BCUT2D eigenvalue weighted by atomic mass is 10.0. The fraction of sp³-hybridized carbons (Fsp3) is 0.250. The Kier molecular flexibility index (Phi) is 7.38. The number of nitrogens with one attached hydrogen (secondary N) is 1. The minimum Gasteiger partial charge on any atom is -0.489 e. The molecule has 1 N–H and O–H groups in total. The van der Waals surface area contributed by atoms with Crippen molar-refractivity contribution in [2.75, 3.05) is 19.6 Å². The number of benzene rings is 3. The van der Waals surface area contributed by atoms with E-state index in [0.717, 1.165) is 5.56 Å². The Morgan fingerprint density at radius 2 is 1.56 bits per heavy atom. The summed E-state index contributed by atoms with van der Waals surface area (Å²) in [5, 5.41) is 2.70. The first-order valence-electron chi connectivity index (χ1n) is 11.5. The molecular formula is C28H28N2O4. The number of carbonyl (C=O) groups is 3. The summed E-state index contributed by atoms with van der Waals surface area (Å²) in [4.78, 5) is 39.7. The molecule has 4 rings (SSSR count). The van der Waals surface area contributed by atoms with Gasteiger partial charge < -0.3 is 15.0 Å². The van der Waals surface area contributed by atoms with E-state index in [4.69, 9.17) is 4.74 Å². The van der Waals surface area contributed by atoms with Crippen LogP contribution in [0.1, 0.15) is 49.5 Å². The van der Waals surface area contributed by atoms with Gasteiger partial charge in [-0.05, 0) is 31.2 Å². The van der Waals surface area contributed by atoms with Crippen LogP contribution in [0.2, 0.25) is 0 Å². The van der Waals surface area contributed by atoms with Gasteiger partial charge in [0.2, 0.25) is 0 Å². The molecular weight excluding hydrogens is 428 g/mol. The molecule has 0 aromatic heterocycles. The molecule has 3 aromatic carbocycles. The van der Waals surface area contributed by atoms with Gasteiger partial charge in [-0.1, -0.05) is 60.2 Å². The number of Topliss-reactive ketones (excluding diaryl/α,β-unsaturated/α-hetero) is 1. The smallest absolute Gasteiger partial charge is 0.255 e. The highest BCUT2D eigenvalue weighted by Gasteiger charge is 2.26. The molecule has 0 spiro atoms. The minimum atomic E-state index is -0.355. The number of piperidine rings is 1. The zero-order chi connectivity index (χ0) is 23.9. The van der Waals surface area contributed by atoms with Crippen LogP contribution < -0.4 is 10.1 Å². The molecule has 6 nitrogen and oxygen atoms in total. The fourth-order valence-corrected chi connectivity index (χ4v) is 4.06. The van der Waals surface area contributed by atoms with Gasteiger partial charge in [0.1, 0.15) is 11.9 Å². The number of para-hydroxylation sites is 1. The third-order valence-corrected chi connectivity index (χ3v) is 5.92. The monoisotopic (exact) mass is 456 g/mol. The van der Waals surface area contributed by atoms with E-state index in [1.54, 1.807) is 42.5 Å². The highest BCUT2D eigenvalue weighted by Crippen LogP contribution is 2.24. The first-order valence-corrected chi connectivity index (χ1v) is 11.5. The molecule has 0 unspecified atom stereocenters. The van der Waals surface area contributed by atoms with Gasteiger partial charge in [0, 0.05) is 37.1 Å². The average Bonchev–Trinajstić information content (AvgIpc) is 2.88. The van der Waals surface area contributed by atoms with Crippen LogP contribution in [-0.2, 0) is 0 Å². The molecule has 0 atom stereocenters. The molecule has 0 bridgehead atoms. The quantitative estimate of drug-likeness (QED) is 0.538. The van der Waals surface area contributed by atoms with Crippen molar-refractivity contribution in [1.82, 2.24) is 10.2 Å². The number of ether oxygens (including phenoxy) is 1. The molecule has 174 valence electrons. The van der Waals surface area contributed by atoms with Gasteiger partial charge in [0.05, 0.1) is 12.1 Å². The zero-order valence-corrected chi connectivity index (χ0v) is 19.2. The van der Waals surface area contributed by atoms with E-state index in [1.807, 2.05) is 48.2 Å². The fourth-order valence-electron chi connectivity index (χ4n) is 4.06. The molecule has 6 heteroatoms. The number of hydrogen-bond acceptors (Lipinski definition) is 4. The third kappa shape index (κ3) is 5.70. The summed E-state index contributed by atoms with van der Waals surface area (Å²) < 4.78 is 6.17. The Morgan fingerprint density at radius 1 is 0.882 bits per heavy atom. The molecule has 0 saturated carbocycles. The van der Waals surface area contributed by atoms with Crippen molar-refractivity contribution in [2.24, 2.45) is 0 Å². The number of aryl methyl sites for hydroxylation is 1. The molecule has 1 aliphatic heterocycles. The van der Waals surface area contributed by atoms with Gasteiger partial charge in [-0.2, -0.15) is 0 Å². The van der Waals surface area contributed by atoms with E-state index in [-0.39, 0.29) is 30.2 Å². The Morgan fingerprint density at radius 3 is 2.29 bits per heavy atom. The van der Waals surface area contributed by atoms with Crippen molar-refractivity contribution >= 4 is 17.6 Å². The molecule has 1 heterocycles. The molecule has 3 aromatic rings. The second-order valence-electron chi connectivity index (χ2n) is 8.45. The van der Waals surface area contributed by atoms with Crippen LogP contribution in [0.3, 0.4) is 0 Å². The molecule has 0 radical (unpaired) electrons. The number of nitrogens with zero attached hydrogens (tertiary/aromatic N) is 1. The highest BCUT2D eigenvalue weighted by molar-refractivity contribution is 6.03. The summed E-state index contributed by atoms with van der Waals surface area (Å²) >= 11 is 0. The van der Waals surface area contributed by atoms with Crippen LogP contribution in [0.4, 0.5) is 0 Å². The van der Waals surface area contributed by atoms with Crippen LogP contribution in [0.15, 0.2) is 78.9 Å². The van der Waals surface area contributed by atoms with Crippen LogP contribution in [0, 0.1) is 6.92 Å². The molecule has 2 amide bonds. The number of likely N-dealkylation sites (tertiary alicyclic amines) is 1. The van der Waals surface area contributed by atoms with Crippen LogP contribution >= 0.6 is 0 Å². The summed E-state index contributed by atoms with van der Waals surface area (Å²) in [6.07, 6.45) is 1.27. The third-order valence-electron chi connectivity index (χ3n) is 5.92. The van der Waals surface area contributed by atoms with E-state index < -0.39 is 0 Å². The van der Waals surface area contributed by atoms with Crippen LogP contribution in [0.5, 0.6) is 5.75 Å². The maximum absolute atomic E-state index is 12.8. The van der Waals surface area contributed by atoms with Gasteiger partial charge in [0.25, 0.3) is 11.8 Å². The predicted molar refractivity (Wildman–Crippen MR) is 130 cm³/mol. The van der Waals surface area contributed by atoms with Crippen molar-refractivity contribution < 1.29 is 19.1 Å².